The van der Waals surface area contributed by atoms with Crippen LogP contribution < -0.4 is 4.74 Å². The summed E-state index contributed by atoms with van der Waals surface area (Å²) in [7, 11) is 1.67. The summed E-state index contributed by atoms with van der Waals surface area (Å²) in [6.07, 6.45) is 0. The molecule has 0 aliphatic heterocycles. The highest BCUT2D eigenvalue weighted by atomic mass is 32.2. The van der Waals surface area contributed by atoms with E-state index in [0.717, 1.165) is 11.5 Å². The van der Waals surface area contributed by atoms with Crippen LogP contribution in [0.25, 0.3) is 0 Å². The van der Waals surface area contributed by atoms with Crippen LogP contribution in [-0.4, -0.2) is 24.6 Å². The standard InChI is InChI=1S/C16H18O2S/c1-18-15-7-9-16(10-8-15)19-12-14(11-17)13-5-3-2-4-6-13/h2-10,14,17H,11-12H2,1H3. The van der Waals surface area contributed by atoms with Gasteiger partial charge in [-0.2, -0.15) is 0 Å². The number of aliphatic hydroxyl groups is 1. The smallest absolute Gasteiger partial charge is 0.118 e. The Bertz CT molecular complexity index is 482. The van der Waals surface area contributed by atoms with Crippen molar-refractivity contribution in [3.63, 3.8) is 0 Å². The van der Waals surface area contributed by atoms with Gasteiger partial charge in [0.25, 0.3) is 0 Å². The van der Waals surface area contributed by atoms with E-state index in [1.807, 2.05) is 42.5 Å². The minimum absolute atomic E-state index is 0.174. The molecule has 0 saturated heterocycles. The van der Waals surface area contributed by atoms with Gasteiger partial charge in [0.15, 0.2) is 0 Å². The van der Waals surface area contributed by atoms with Crippen LogP contribution >= 0.6 is 11.8 Å². The summed E-state index contributed by atoms with van der Waals surface area (Å²) in [5, 5.41) is 9.51. The highest BCUT2D eigenvalue weighted by molar-refractivity contribution is 7.99. The van der Waals surface area contributed by atoms with E-state index in [0.29, 0.717) is 0 Å². The molecule has 0 aromatic heterocycles. The van der Waals surface area contributed by atoms with E-state index in [9.17, 15) is 5.11 Å². The summed E-state index contributed by atoms with van der Waals surface area (Å²) in [4.78, 5) is 1.19. The van der Waals surface area contributed by atoms with Crippen LogP contribution in [0.2, 0.25) is 0 Å². The second-order valence-electron chi connectivity index (χ2n) is 4.28. The molecule has 1 atom stereocenters. The molecule has 2 rings (SSSR count). The van der Waals surface area contributed by atoms with Gasteiger partial charge in [-0.3, -0.25) is 0 Å². The Morgan fingerprint density at radius 3 is 2.32 bits per heavy atom. The topological polar surface area (TPSA) is 29.5 Å². The summed E-state index contributed by atoms with van der Waals surface area (Å²) in [5.74, 6) is 1.91. The van der Waals surface area contributed by atoms with Crippen molar-refractivity contribution in [2.75, 3.05) is 19.5 Å². The molecule has 0 fully saturated rings. The molecule has 3 heteroatoms. The van der Waals surface area contributed by atoms with Gasteiger partial charge in [0.2, 0.25) is 0 Å². The summed E-state index contributed by atoms with van der Waals surface area (Å²) in [6, 6.07) is 18.1. The maximum atomic E-state index is 9.51. The van der Waals surface area contributed by atoms with Gasteiger partial charge in [-0.05, 0) is 29.8 Å². The molecule has 19 heavy (non-hydrogen) atoms. The monoisotopic (exact) mass is 274 g/mol. The second kappa shape index (κ2) is 7.22. The van der Waals surface area contributed by atoms with E-state index in [2.05, 4.69) is 12.1 Å². The van der Waals surface area contributed by atoms with E-state index >= 15 is 0 Å². The van der Waals surface area contributed by atoms with Gasteiger partial charge < -0.3 is 9.84 Å². The molecule has 2 aromatic rings. The first-order valence-electron chi connectivity index (χ1n) is 6.26. The van der Waals surface area contributed by atoms with Gasteiger partial charge in [0.1, 0.15) is 5.75 Å². The first-order chi connectivity index (χ1) is 9.33. The molecule has 0 aliphatic rings. The molecule has 2 nitrogen and oxygen atoms in total. The lowest BCUT2D eigenvalue weighted by Crippen LogP contribution is -2.06. The fourth-order valence-corrected chi connectivity index (χ4v) is 2.87. The minimum atomic E-state index is 0.174. The van der Waals surface area contributed by atoms with Gasteiger partial charge in [0, 0.05) is 16.6 Å². The molecule has 0 radical (unpaired) electrons. The lowest BCUT2D eigenvalue weighted by Gasteiger charge is -2.14. The normalized spacial score (nSPS) is 12.1. The van der Waals surface area contributed by atoms with E-state index in [-0.39, 0.29) is 12.5 Å². The van der Waals surface area contributed by atoms with Gasteiger partial charge in [-0.25, -0.2) is 0 Å². The molecule has 2 aromatic carbocycles. The van der Waals surface area contributed by atoms with Gasteiger partial charge in [-0.1, -0.05) is 30.3 Å². The van der Waals surface area contributed by atoms with Crippen molar-refractivity contribution in [2.24, 2.45) is 0 Å². The average molecular weight is 274 g/mol. The van der Waals surface area contributed by atoms with E-state index in [1.165, 1.54) is 10.5 Å². The molecule has 0 bridgehead atoms. The first-order valence-corrected chi connectivity index (χ1v) is 7.24. The molecule has 0 saturated carbocycles. The Kier molecular flexibility index (Phi) is 5.31. The molecule has 0 spiro atoms. The van der Waals surface area contributed by atoms with Crippen molar-refractivity contribution in [3.05, 3.63) is 60.2 Å². The summed E-state index contributed by atoms with van der Waals surface area (Å²) in [5.41, 5.74) is 1.19. The quantitative estimate of drug-likeness (QED) is 0.817. The summed E-state index contributed by atoms with van der Waals surface area (Å²) < 4.78 is 5.14. The van der Waals surface area contributed by atoms with E-state index in [1.54, 1.807) is 18.9 Å². The van der Waals surface area contributed by atoms with E-state index in [4.69, 9.17) is 4.74 Å². The van der Waals surface area contributed by atoms with Crippen LogP contribution in [0.3, 0.4) is 0 Å². The number of ether oxygens (including phenoxy) is 1. The van der Waals surface area contributed by atoms with Crippen molar-refractivity contribution in [2.45, 2.75) is 10.8 Å². The number of thioether (sulfide) groups is 1. The Labute approximate surface area is 118 Å². The third-order valence-corrected chi connectivity index (χ3v) is 4.18. The third-order valence-electron chi connectivity index (χ3n) is 3.00. The lowest BCUT2D eigenvalue weighted by atomic mass is 10.0. The van der Waals surface area contributed by atoms with Crippen LogP contribution in [0.4, 0.5) is 0 Å². The molecule has 0 amide bonds. The Morgan fingerprint density at radius 1 is 1.05 bits per heavy atom. The average Bonchev–Trinajstić information content (AvgIpc) is 2.49. The van der Waals surface area contributed by atoms with Gasteiger partial charge >= 0.3 is 0 Å². The van der Waals surface area contributed by atoms with Crippen molar-refractivity contribution in [3.8, 4) is 5.75 Å². The maximum absolute atomic E-state index is 9.51. The van der Waals surface area contributed by atoms with Crippen LogP contribution in [0, 0.1) is 0 Å². The number of aliphatic hydroxyl groups excluding tert-OH is 1. The molecule has 1 N–H and O–H groups in total. The fourth-order valence-electron chi connectivity index (χ4n) is 1.85. The van der Waals surface area contributed by atoms with Crippen LogP contribution in [0.1, 0.15) is 11.5 Å². The Hall–Kier alpha value is -1.45. The van der Waals surface area contributed by atoms with Crippen LogP contribution in [0.15, 0.2) is 59.5 Å². The van der Waals surface area contributed by atoms with Crippen molar-refractivity contribution in [1.82, 2.24) is 0 Å². The summed E-state index contributed by atoms with van der Waals surface area (Å²) >= 11 is 1.75. The second-order valence-corrected chi connectivity index (χ2v) is 5.37. The Morgan fingerprint density at radius 2 is 1.74 bits per heavy atom. The number of rotatable bonds is 6. The predicted molar refractivity (Wildman–Crippen MR) is 80.0 cm³/mol. The zero-order valence-electron chi connectivity index (χ0n) is 11.0. The number of benzene rings is 2. The summed E-state index contributed by atoms with van der Waals surface area (Å²) in [6.45, 7) is 0.174. The zero-order chi connectivity index (χ0) is 13.5. The Balaban J connectivity index is 1.96. The third kappa shape index (κ3) is 4.01. The number of hydrogen-bond donors (Lipinski definition) is 1. The molecule has 100 valence electrons. The van der Waals surface area contributed by atoms with Gasteiger partial charge in [0.05, 0.1) is 13.7 Å². The van der Waals surface area contributed by atoms with E-state index < -0.39 is 0 Å². The fraction of sp³-hybridized carbons (Fsp3) is 0.250. The molecular weight excluding hydrogens is 256 g/mol. The zero-order valence-corrected chi connectivity index (χ0v) is 11.8. The highest BCUT2D eigenvalue weighted by Gasteiger charge is 2.10. The largest absolute Gasteiger partial charge is 0.497 e. The minimum Gasteiger partial charge on any atom is -0.497 e. The molecule has 0 heterocycles. The first kappa shape index (κ1) is 14.0. The SMILES string of the molecule is COc1ccc(SCC(CO)c2ccccc2)cc1. The van der Waals surface area contributed by atoms with Crippen molar-refractivity contribution >= 4 is 11.8 Å². The predicted octanol–water partition coefficient (Wildman–Crippen LogP) is 3.56. The van der Waals surface area contributed by atoms with Crippen LogP contribution in [-0.2, 0) is 0 Å². The highest BCUT2D eigenvalue weighted by Crippen LogP contribution is 2.27. The molecule has 0 aliphatic carbocycles. The van der Waals surface area contributed by atoms with Crippen LogP contribution in [0.5, 0.6) is 5.75 Å². The molecular formula is C16H18O2S. The lowest BCUT2D eigenvalue weighted by molar-refractivity contribution is 0.275. The number of hydrogen-bond acceptors (Lipinski definition) is 3. The van der Waals surface area contributed by atoms with Crippen molar-refractivity contribution in [1.29, 1.82) is 0 Å². The maximum Gasteiger partial charge on any atom is 0.118 e. The molecule has 1 unspecified atom stereocenters. The number of methoxy groups -OCH3 is 1. The van der Waals surface area contributed by atoms with Gasteiger partial charge in [-0.15, -0.1) is 11.8 Å². The van der Waals surface area contributed by atoms with Crippen molar-refractivity contribution < 1.29 is 9.84 Å².